The van der Waals surface area contributed by atoms with Gasteiger partial charge < -0.3 is 0 Å². The third-order valence-electron chi connectivity index (χ3n) is 2.77. The summed E-state index contributed by atoms with van der Waals surface area (Å²) in [5.74, 6) is 0. The van der Waals surface area contributed by atoms with Gasteiger partial charge in [0.1, 0.15) is 0 Å². The van der Waals surface area contributed by atoms with Crippen LogP contribution < -0.4 is 10.6 Å². The van der Waals surface area contributed by atoms with Gasteiger partial charge in [0.05, 0.1) is 0 Å². The summed E-state index contributed by atoms with van der Waals surface area (Å²) in [7, 11) is -0.197. The van der Waals surface area contributed by atoms with E-state index in [-0.39, 0.29) is 7.92 Å². The van der Waals surface area contributed by atoms with Crippen LogP contribution in [0.1, 0.15) is 12.8 Å². The predicted molar refractivity (Wildman–Crippen MR) is 78.5 cm³/mol. The lowest BCUT2D eigenvalue weighted by Crippen LogP contribution is -2.13. The van der Waals surface area contributed by atoms with Crippen molar-refractivity contribution in [2.75, 3.05) is 6.16 Å². The summed E-state index contributed by atoms with van der Waals surface area (Å²) in [5.41, 5.74) is 0. The fourth-order valence-electron chi connectivity index (χ4n) is 1.89. The van der Waals surface area contributed by atoms with E-state index in [4.69, 9.17) is 0 Å². The lowest BCUT2D eigenvalue weighted by Gasteiger charge is -2.18. The Labute approximate surface area is 105 Å². The van der Waals surface area contributed by atoms with Crippen LogP contribution >= 0.6 is 7.92 Å². The molecule has 2 aromatic carbocycles. The lowest BCUT2D eigenvalue weighted by atomic mass is 10.4. The summed E-state index contributed by atoms with van der Waals surface area (Å²) in [5, 5.41) is 2.95. The monoisotopic (exact) mass is 241 g/mol. The van der Waals surface area contributed by atoms with Crippen LogP contribution in [-0.4, -0.2) is 6.16 Å². The first kappa shape index (κ1) is 12.3. The van der Waals surface area contributed by atoms with Crippen molar-refractivity contribution in [3.63, 3.8) is 0 Å². The van der Waals surface area contributed by atoms with Gasteiger partial charge >= 0.3 is 0 Å². The number of unbranched alkanes of at least 4 members (excludes halogenated alkanes) is 1. The summed E-state index contributed by atoms with van der Waals surface area (Å²) in [6.45, 7) is 3.96. The molecule has 0 atom stereocenters. The molecule has 0 aliphatic rings. The van der Waals surface area contributed by atoms with Gasteiger partial charge in [-0.3, -0.25) is 0 Å². The van der Waals surface area contributed by atoms with Crippen molar-refractivity contribution in [3.8, 4) is 0 Å². The zero-order valence-electron chi connectivity index (χ0n) is 10.0. The Bertz CT molecular complexity index is 382. The Morgan fingerprint density at radius 1 is 0.765 bits per heavy atom. The van der Waals surface area contributed by atoms with Crippen molar-refractivity contribution < 1.29 is 0 Å². The van der Waals surface area contributed by atoms with Crippen molar-refractivity contribution in [1.29, 1.82) is 0 Å². The zero-order chi connectivity index (χ0) is 11.9. The van der Waals surface area contributed by atoms with Gasteiger partial charge in [0, 0.05) is 0 Å². The third kappa shape index (κ3) is 3.41. The fraction of sp³-hybridized carbons (Fsp3) is 0.188. The first-order valence-corrected chi connectivity index (χ1v) is 7.61. The van der Waals surface area contributed by atoms with Crippen LogP contribution in [0.2, 0.25) is 0 Å². The molecule has 2 aromatic rings. The molecular weight excluding hydrogens is 223 g/mol. The highest BCUT2D eigenvalue weighted by molar-refractivity contribution is 7.73. The topological polar surface area (TPSA) is 0 Å². The highest BCUT2D eigenvalue weighted by Crippen LogP contribution is 2.34. The molecule has 1 radical (unpaired) electrons. The molecule has 0 nitrogen and oxygen atoms in total. The maximum Gasteiger partial charge on any atom is -0.0195 e. The van der Waals surface area contributed by atoms with Gasteiger partial charge in [0.2, 0.25) is 0 Å². The van der Waals surface area contributed by atoms with E-state index in [1.165, 1.54) is 23.2 Å². The first-order valence-electron chi connectivity index (χ1n) is 6.08. The lowest BCUT2D eigenvalue weighted by molar-refractivity contribution is 0.966. The standard InChI is InChI=1S/C16H18P/c1-2-3-14-17(15-10-6-4-7-11-15)16-12-8-5-9-13-16/h4-13H,1-3,14H2. The van der Waals surface area contributed by atoms with E-state index in [1.807, 2.05) is 0 Å². The summed E-state index contributed by atoms with van der Waals surface area (Å²) in [6, 6.07) is 21.7. The molecule has 0 bridgehead atoms. The molecule has 0 saturated carbocycles. The van der Waals surface area contributed by atoms with Crippen LogP contribution in [0.15, 0.2) is 60.7 Å². The molecule has 0 spiro atoms. The molecule has 0 aliphatic carbocycles. The highest BCUT2D eigenvalue weighted by Gasteiger charge is 2.11. The van der Waals surface area contributed by atoms with E-state index in [9.17, 15) is 0 Å². The zero-order valence-corrected chi connectivity index (χ0v) is 10.9. The summed E-state index contributed by atoms with van der Waals surface area (Å²) in [6.07, 6.45) is 3.47. The minimum absolute atomic E-state index is 0.197. The van der Waals surface area contributed by atoms with E-state index in [1.54, 1.807) is 0 Å². The SMILES string of the molecule is [CH2]CCCP(c1ccccc1)c1ccccc1. The number of benzene rings is 2. The van der Waals surface area contributed by atoms with Gasteiger partial charge in [-0.25, -0.2) is 0 Å². The van der Waals surface area contributed by atoms with E-state index in [0.29, 0.717) is 0 Å². The molecule has 0 aliphatic heterocycles. The molecule has 87 valence electrons. The molecule has 0 N–H and O–H groups in total. The van der Waals surface area contributed by atoms with Crippen LogP contribution in [-0.2, 0) is 0 Å². The van der Waals surface area contributed by atoms with Gasteiger partial charge in [0.15, 0.2) is 0 Å². The van der Waals surface area contributed by atoms with Crippen molar-refractivity contribution in [3.05, 3.63) is 67.6 Å². The third-order valence-corrected chi connectivity index (χ3v) is 5.37. The van der Waals surface area contributed by atoms with Crippen molar-refractivity contribution in [2.24, 2.45) is 0 Å². The van der Waals surface area contributed by atoms with E-state index >= 15 is 0 Å². The van der Waals surface area contributed by atoms with Gasteiger partial charge in [-0.2, -0.15) is 0 Å². The van der Waals surface area contributed by atoms with Crippen LogP contribution in [0.4, 0.5) is 0 Å². The fourth-order valence-corrected chi connectivity index (χ4v) is 4.31. The van der Waals surface area contributed by atoms with E-state index < -0.39 is 0 Å². The van der Waals surface area contributed by atoms with Crippen molar-refractivity contribution in [2.45, 2.75) is 12.8 Å². The van der Waals surface area contributed by atoms with Crippen molar-refractivity contribution in [1.82, 2.24) is 0 Å². The normalized spacial score (nSPS) is 10.7. The quantitative estimate of drug-likeness (QED) is 0.700. The Balaban J connectivity index is 2.26. The molecule has 0 fully saturated rings. The molecular formula is C16H18P. The second kappa shape index (κ2) is 6.57. The van der Waals surface area contributed by atoms with Crippen LogP contribution in [0.25, 0.3) is 0 Å². The second-order valence-corrected chi connectivity index (χ2v) is 6.37. The van der Waals surface area contributed by atoms with Crippen LogP contribution in [0, 0.1) is 6.92 Å². The second-order valence-electron chi connectivity index (χ2n) is 4.03. The number of hydrogen-bond acceptors (Lipinski definition) is 0. The van der Waals surface area contributed by atoms with Crippen LogP contribution in [0.3, 0.4) is 0 Å². The van der Waals surface area contributed by atoms with Gasteiger partial charge in [-0.1, -0.05) is 74.0 Å². The Morgan fingerprint density at radius 2 is 1.24 bits per heavy atom. The summed E-state index contributed by atoms with van der Waals surface area (Å²) >= 11 is 0. The largest absolute Gasteiger partial charge is 0.0622 e. The van der Waals surface area contributed by atoms with Gasteiger partial charge in [-0.05, 0) is 31.1 Å². The molecule has 0 amide bonds. The molecule has 0 heterocycles. The smallest absolute Gasteiger partial charge is 0.0195 e. The average Bonchev–Trinajstić information content (AvgIpc) is 2.42. The Morgan fingerprint density at radius 3 is 1.65 bits per heavy atom. The first-order chi connectivity index (χ1) is 8.42. The Kier molecular flexibility index (Phi) is 4.76. The van der Waals surface area contributed by atoms with Crippen LogP contribution in [0.5, 0.6) is 0 Å². The number of rotatable bonds is 5. The molecule has 0 saturated heterocycles. The highest BCUT2D eigenvalue weighted by atomic mass is 31.1. The maximum absolute atomic E-state index is 3.96. The van der Waals surface area contributed by atoms with Crippen molar-refractivity contribution >= 4 is 18.5 Å². The number of hydrogen-bond donors (Lipinski definition) is 0. The van der Waals surface area contributed by atoms with E-state index in [2.05, 4.69) is 67.6 Å². The predicted octanol–water partition coefficient (Wildman–Crippen LogP) is 3.73. The Hall–Kier alpha value is -1.13. The molecule has 2 rings (SSSR count). The summed E-state index contributed by atoms with van der Waals surface area (Å²) in [4.78, 5) is 0. The van der Waals surface area contributed by atoms with E-state index in [0.717, 1.165) is 6.42 Å². The molecule has 17 heavy (non-hydrogen) atoms. The molecule has 0 unspecified atom stereocenters. The van der Waals surface area contributed by atoms with Gasteiger partial charge in [0.25, 0.3) is 0 Å². The molecule has 1 heteroatoms. The average molecular weight is 241 g/mol. The molecule has 0 aromatic heterocycles. The minimum Gasteiger partial charge on any atom is -0.0622 e. The maximum atomic E-state index is 3.96. The minimum atomic E-state index is -0.197. The summed E-state index contributed by atoms with van der Waals surface area (Å²) < 4.78 is 0. The van der Waals surface area contributed by atoms with Gasteiger partial charge in [-0.15, -0.1) is 0 Å².